The molecule has 37 heavy (non-hydrogen) atoms. The summed E-state index contributed by atoms with van der Waals surface area (Å²) in [6, 6.07) is 21.8. The first-order valence-corrected chi connectivity index (χ1v) is 15.5. The number of ether oxygens (including phenoxy) is 2. The SMILES string of the molecule is CO[C@@H]1OC2C3=CCC[C@@H]2c2cocc2C[C@]31CCO[Si](c1ccccc1)(c1ccccc1)C(C)(C)C. The number of rotatable bonds is 7. The molecule has 1 unspecified atom stereocenters. The summed E-state index contributed by atoms with van der Waals surface area (Å²) in [5, 5.41) is 2.56. The van der Waals surface area contributed by atoms with Crippen LogP contribution in [0, 0.1) is 5.41 Å². The molecule has 3 aromatic rings. The van der Waals surface area contributed by atoms with Gasteiger partial charge in [-0.1, -0.05) is 87.5 Å². The molecule has 1 aromatic heterocycles. The Hall–Kier alpha value is -2.44. The molecule has 4 nitrogen and oxygen atoms in total. The van der Waals surface area contributed by atoms with Gasteiger partial charge in [0, 0.05) is 19.6 Å². The smallest absolute Gasteiger partial charge is 0.261 e. The van der Waals surface area contributed by atoms with Crippen molar-refractivity contribution in [3.05, 3.63) is 96.0 Å². The molecule has 1 saturated heterocycles. The van der Waals surface area contributed by atoms with Gasteiger partial charge in [0.1, 0.15) is 0 Å². The molecule has 2 heterocycles. The molecule has 3 aliphatic rings. The maximum atomic E-state index is 7.33. The highest BCUT2D eigenvalue weighted by Crippen LogP contribution is 2.58. The van der Waals surface area contributed by atoms with Crippen molar-refractivity contribution in [2.24, 2.45) is 5.41 Å². The van der Waals surface area contributed by atoms with Gasteiger partial charge in [-0.05, 0) is 57.8 Å². The third-order valence-corrected chi connectivity index (χ3v) is 14.0. The molecule has 0 saturated carbocycles. The average Bonchev–Trinajstić information content (AvgIpc) is 3.47. The number of benzene rings is 2. The zero-order valence-corrected chi connectivity index (χ0v) is 23.4. The van der Waals surface area contributed by atoms with E-state index in [0.29, 0.717) is 12.5 Å². The van der Waals surface area contributed by atoms with Crippen LogP contribution in [0.15, 0.2) is 89.3 Å². The van der Waals surface area contributed by atoms with Crippen molar-refractivity contribution in [2.75, 3.05) is 13.7 Å². The minimum absolute atomic E-state index is 0.0564. The molecule has 0 spiro atoms. The summed E-state index contributed by atoms with van der Waals surface area (Å²) >= 11 is 0. The van der Waals surface area contributed by atoms with Crippen molar-refractivity contribution in [3.8, 4) is 0 Å². The average molecular weight is 515 g/mol. The summed E-state index contributed by atoms with van der Waals surface area (Å²) in [6.07, 6.45) is 9.97. The van der Waals surface area contributed by atoms with Crippen LogP contribution in [0.5, 0.6) is 0 Å². The fraction of sp³-hybridized carbons (Fsp3) is 0.438. The molecule has 4 atom stereocenters. The van der Waals surface area contributed by atoms with Crippen molar-refractivity contribution < 1.29 is 18.3 Å². The van der Waals surface area contributed by atoms with Gasteiger partial charge in [-0.15, -0.1) is 0 Å². The quantitative estimate of drug-likeness (QED) is 0.288. The van der Waals surface area contributed by atoms with Crippen LogP contribution in [0.25, 0.3) is 0 Å². The molecule has 2 aliphatic carbocycles. The van der Waals surface area contributed by atoms with Crippen LogP contribution < -0.4 is 10.4 Å². The lowest BCUT2D eigenvalue weighted by molar-refractivity contribution is -0.165. The van der Waals surface area contributed by atoms with Gasteiger partial charge in [-0.25, -0.2) is 0 Å². The highest BCUT2D eigenvalue weighted by Gasteiger charge is 2.59. The van der Waals surface area contributed by atoms with E-state index in [1.165, 1.54) is 27.1 Å². The third-order valence-electron chi connectivity index (χ3n) is 8.99. The second kappa shape index (κ2) is 9.39. The van der Waals surface area contributed by atoms with Crippen molar-refractivity contribution in [1.29, 1.82) is 0 Å². The highest BCUT2D eigenvalue weighted by atomic mass is 28.4. The van der Waals surface area contributed by atoms with Crippen molar-refractivity contribution >= 4 is 18.7 Å². The molecule has 194 valence electrons. The summed E-state index contributed by atoms with van der Waals surface area (Å²) in [6.45, 7) is 7.64. The predicted molar refractivity (Wildman–Crippen MR) is 149 cm³/mol. The minimum Gasteiger partial charge on any atom is -0.472 e. The molecule has 2 aromatic carbocycles. The normalized spacial score (nSPS) is 26.9. The molecular formula is C32H38O4Si. The lowest BCUT2D eigenvalue weighted by atomic mass is 9.71. The van der Waals surface area contributed by atoms with Gasteiger partial charge in [-0.2, -0.15) is 0 Å². The Morgan fingerprint density at radius 3 is 2.27 bits per heavy atom. The van der Waals surface area contributed by atoms with Crippen molar-refractivity contribution in [3.63, 3.8) is 0 Å². The zero-order valence-electron chi connectivity index (χ0n) is 22.4. The maximum absolute atomic E-state index is 7.33. The van der Waals surface area contributed by atoms with Gasteiger partial charge in [0.05, 0.1) is 24.0 Å². The van der Waals surface area contributed by atoms with Crippen LogP contribution in [0.3, 0.4) is 0 Å². The largest absolute Gasteiger partial charge is 0.472 e. The van der Waals surface area contributed by atoms with E-state index >= 15 is 0 Å². The zero-order chi connectivity index (χ0) is 25.7. The molecule has 5 heteroatoms. The molecule has 1 fully saturated rings. The Bertz CT molecular complexity index is 1220. The van der Waals surface area contributed by atoms with E-state index in [2.05, 4.69) is 87.5 Å². The van der Waals surface area contributed by atoms with Crippen LogP contribution in [0.1, 0.15) is 57.1 Å². The molecule has 1 aliphatic heterocycles. The second-order valence-electron chi connectivity index (χ2n) is 11.9. The van der Waals surface area contributed by atoms with E-state index in [4.69, 9.17) is 18.3 Å². The van der Waals surface area contributed by atoms with E-state index in [0.717, 1.165) is 25.7 Å². The summed E-state index contributed by atoms with van der Waals surface area (Å²) in [5.74, 6) is 0.341. The van der Waals surface area contributed by atoms with E-state index in [-0.39, 0.29) is 22.8 Å². The van der Waals surface area contributed by atoms with Crippen LogP contribution >= 0.6 is 0 Å². The van der Waals surface area contributed by atoms with E-state index < -0.39 is 8.32 Å². The minimum atomic E-state index is -2.62. The second-order valence-corrected chi connectivity index (χ2v) is 16.2. The predicted octanol–water partition coefficient (Wildman–Crippen LogP) is 5.96. The number of allylic oxidation sites excluding steroid dienone is 1. The van der Waals surface area contributed by atoms with E-state index in [1.807, 2.05) is 12.5 Å². The summed E-state index contributed by atoms with van der Waals surface area (Å²) in [7, 11) is -0.836. The Morgan fingerprint density at radius 2 is 1.65 bits per heavy atom. The number of hydrogen-bond acceptors (Lipinski definition) is 4. The Balaban J connectivity index is 1.40. The number of hydrogen-bond donors (Lipinski definition) is 0. The van der Waals surface area contributed by atoms with Gasteiger partial charge in [-0.3, -0.25) is 0 Å². The molecular weight excluding hydrogens is 476 g/mol. The van der Waals surface area contributed by atoms with Crippen LogP contribution in [0.4, 0.5) is 0 Å². The first kappa shape index (κ1) is 24.9. The Labute approximate surface area is 221 Å². The number of fused-ring (bicyclic) bond motifs is 2. The van der Waals surface area contributed by atoms with Gasteiger partial charge in [0.25, 0.3) is 8.32 Å². The van der Waals surface area contributed by atoms with Gasteiger partial charge in [0.15, 0.2) is 6.29 Å². The van der Waals surface area contributed by atoms with Crippen LogP contribution in [-0.4, -0.2) is 34.4 Å². The standard InChI is InChI=1S/C32H38O4Si/c1-31(2,3)37(24-12-7-5-8-13-24,25-14-9-6-10-15-25)35-19-18-32-20-23-21-34-22-27(23)26-16-11-17-28(32)29(26)36-30(32)33-4/h5-10,12-15,17,21-22,26,29-30H,11,16,18-20H2,1-4H3/t26-,29?,30-,32-/m1/s1. The summed E-state index contributed by atoms with van der Waals surface area (Å²) in [5.41, 5.74) is 3.78. The van der Waals surface area contributed by atoms with Gasteiger partial charge < -0.3 is 18.3 Å². The lowest BCUT2D eigenvalue weighted by Gasteiger charge is -2.44. The number of methoxy groups -OCH3 is 1. The number of furan rings is 1. The van der Waals surface area contributed by atoms with E-state index in [9.17, 15) is 0 Å². The Kier molecular flexibility index (Phi) is 6.31. The third kappa shape index (κ3) is 3.82. The first-order chi connectivity index (χ1) is 17.9. The fourth-order valence-electron chi connectivity index (χ4n) is 7.38. The van der Waals surface area contributed by atoms with Gasteiger partial charge in [0.2, 0.25) is 0 Å². The molecule has 0 N–H and O–H groups in total. The topological polar surface area (TPSA) is 40.8 Å². The lowest BCUT2D eigenvalue weighted by Crippen LogP contribution is -2.66. The molecule has 4 bridgehead atoms. The summed E-state index contributed by atoms with van der Waals surface area (Å²) in [4.78, 5) is 0. The molecule has 6 rings (SSSR count). The highest BCUT2D eigenvalue weighted by molar-refractivity contribution is 6.99. The van der Waals surface area contributed by atoms with Crippen molar-refractivity contribution in [2.45, 2.75) is 69.8 Å². The van der Waals surface area contributed by atoms with Gasteiger partial charge >= 0.3 is 0 Å². The summed E-state index contributed by atoms with van der Waals surface area (Å²) < 4.78 is 25.8. The molecule has 0 amide bonds. The first-order valence-electron chi connectivity index (χ1n) is 13.6. The maximum Gasteiger partial charge on any atom is 0.261 e. The fourth-order valence-corrected chi connectivity index (χ4v) is 11.9. The molecule has 0 radical (unpaired) electrons. The van der Waals surface area contributed by atoms with Crippen LogP contribution in [0.2, 0.25) is 5.04 Å². The monoisotopic (exact) mass is 514 g/mol. The van der Waals surface area contributed by atoms with Crippen LogP contribution in [-0.2, 0) is 20.3 Å². The van der Waals surface area contributed by atoms with E-state index in [1.54, 1.807) is 7.11 Å². The Morgan fingerprint density at radius 1 is 0.973 bits per heavy atom. The van der Waals surface area contributed by atoms with Crippen molar-refractivity contribution in [1.82, 2.24) is 0 Å².